The van der Waals surface area contributed by atoms with Crippen molar-refractivity contribution in [2.75, 3.05) is 0 Å². The minimum absolute atomic E-state index is 0.0466. The maximum Gasteiger partial charge on any atom is 0.164 e. The third-order valence-corrected chi connectivity index (χ3v) is 15.5. The summed E-state index contributed by atoms with van der Waals surface area (Å²) in [6.45, 7) is 0. The van der Waals surface area contributed by atoms with Crippen LogP contribution in [0.3, 0.4) is 0 Å². The highest BCUT2D eigenvalue weighted by Crippen LogP contribution is 2.70. The van der Waals surface area contributed by atoms with Gasteiger partial charge in [0, 0.05) is 42.3 Å². The van der Waals surface area contributed by atoms with Crippen molar-refractivity contribution < 1.29 is 0 Å². The van der Waals surface area contributed by atoms with E-state index in [0.29, 0.717) is 23.5 Å². The molecule has 4 fully saturated rings. The molecule has 0 aliphatic heterocycles. The molecule has 4 bridgehead atoms. The lowest BCUT2D eigenvalue weighted by molar-refractivity contribution is -0.0399. The van der Waals surface area contributed by atoms with Crippen molar-refractivity contribution >= 4 is 42.3 Å². The molecule has 5 aliphatic rings. The fourth-order valence-electron chi connectivity index (χ4n) is 12.2. The number of rotatable bonds is 4. The summed E-state index contributed by atoms with van der Waals surface area (Å²) in [5, 5.41) is 5.29. The molecule has 4 saturated carbocycles. The zero-order chi connectivity index (χ0) is 37.2. The Morgan fingerprint density at radius 3 is 1.82 bits per heavy atom. The van der Waals surface area contributed by atoms with Gasteiger partial charge in [-0.25, -0.2) is 15.0 Å². The Labute approximate surface area is 336 Å². The highest BCUT2D eigenvalue weighted by atomic mass is 32.1. The molecule has 9 aromatic rings. The molecular formula is C53H39N3S. The van der Waals surface area contributed by atoms with Crippen molar-refractivity contribution in [3.05, 3.63) is 163 Å². The molecule has 3 nitrogen and oxygen atoms in total. The summed E-state index contributed by atoms with van der Waals surface area (Å²) in [7, 11) is 0. The second-order valence-corrected chi connectivity index (χ2v) is 18.3. The third kappa shape index (κ3) is 4.62. The number of benzene rings is 7. The number of nitrogens with zero attached hydrogens (tertiary/aromatic N) is 3. The Bertz CT molecular complexity index is 3060. The third-order valence-electron chi connectivity index (χ3n) is 14.3. The van der Waals surface area contributed by atoms with Gasteiger partial charge < -0.3 is 0 Å². The van der Waals surface area contributed by atoms with E-state index >= 15 is 0 Å². The van der Waals surface area contributed by atoms with E-state index in [9.17, 15) is 0 Å². The molecule has 0 N–H and O–H groups in total. The number of hydrogen-bond acceptors (Lipinski definition) is 4. The van der Waals surface area contributed by atoms with E-state index < -0.39 is 0 Å². The van der Waals surface area contributed by atoms with Crippen molar-refractivity contribution in [3.63, 3.8) is 0 Å². The highest BCUT2D eigenvalue weighted by molar-refractivity contribution is 7.25. The molecule has 7 aromatic carbocycles. The highest BCUT2D eigenvalue weighted by Gasteiger charge is 2.62. The first kappa shape index (κ1) is 32.2. The van der Waals surface area contributed by atoms with Gasteiger partial charge in [0.05, 0.1) is 0 Å². The van der Waals surface area contributed by atoms with Crippen LogP contribution in [-0.4, -0.2) is 15.0 Å². The van der Waals surface area contributed by atoms with Crippen molar-refractivity contribution in [2.24, 2.45) is 23.7 Å². The average Bonchev–Trinajstić information content (AvgIpc) is 3.79. The lowest BCUT2D eigenvalue weighted by atomic mass is 9.43. The van der Waals surface area contributed by atoms with Crippen LogP contribution < -0.4 is 0 Å². The van der Waals surface area contributed by atoms with Gasteiger partial charge in [-0.15, -0.1) is 11.3 Å². The van der Waals surface area contributed by atoms with Gasteiger partial charge in [0.2, 0.25) is 0 Å². The Balaban J connectivity index is 0.988. The molecule has 4 heteroatoms. The Kier molecular flexibility index (Phi) is 6.78. The molecular weight excluding hydrogens is 711 g/mol. The topological polar surface area (TPSA) is 38.7 Å². The summed E-state index contributed by atoms with van der Waals surface area (Å²) in [4.78, 5) is 15.9. The maximum absolute atomic E-state index is 5.40. The van der Waals surface area contributed by atoms with Gasteiger partial charge in [0.15, 0.2) is 17.5 Å². The SMILES string of the molecule is c1ccc(-c2nc(-c3ccc(-c4ccc5c(c4)sc4ccccc45)cc3)nc(-c3cccc4c3-c3c(ccc5ccccc35)C43C4CC5CC(C4)CC3C5)n2)cc1. The van der Waals surface area contributed by atoms with Gasteiger partial charge in [-0.2, -0.15) is 0 Å². The van der Waals surface area contributed by atoms with Crippen molar-refractivity contribution in [3.8, 4) is 56.4 Å². The predicted octanol–water partition coefficient (Wildman–Crippen LogP) is 13.8. The second kappa shape index (κ2) is 12.0. The van der Waals surface area contributed by atoms with E-state index in [1.807, 2.05) is 11.3 Å². The molecule has 0 unspecified atom stereocenters. The van der Waals surface area contributed by atoms with Crippen molar-refractivity contribution in [1.29, 1.82) is 0 Å². The van der Waals surface area contributed by atoms with Crippen molar-refractivity contribution in [2.45, 2.75) is 37.5 Å². The van der Waals surface area contributed by atoms with Crippen LogP contribution in [-0.2, 0) is 5.41 Å². The summed E-state index contributed by atoms with van der Waals surface area (Å²) in [5.41, 5.74) is 11.4. The monoisotopic (exact) mass is 749 g/mol. The normalized spacial score (nSPS) is 22.8. The lowest BCUT2D eigenvalue weighted by Gasteiger charge is -2.61. The fourth-order valence-corrected chi connectivity index (χ4v) is 13.4. The van der Waals surface area contributed by atoms with Crippen LogP contribution in [0.2, 0.25) is 0 Å². The van der Waals surface area contributed by atoms with E-state index in [2.05, 4.69) is 152 Å². The fraction of sp³-hybridized carbons (Fsp3) is 0.189. The Morgan fingerprint density at radius 2 is 1.04 bits per heavy atom. The summed E-state index contributed by atoms with van der Waals surface area (Å²) in [5.74, 6) is 5.28. The first-order valence-electron chi connectivity index (χ1n) is 20.7. The number of hydrogen-bond donors (Lipinski definition) is 0. The molecule has 0 amide bonds. The van der Waals surface area contributed by atoms with Crippen LogP contribution in [0.1, 0.15) is 43.2 Å². The lowest BCUT2D eigenvalue weighted by Crippen LogP contribution is -2.55. The molecule has 2 heterocycles. The van der Waals surface area contributed by atoms with Gasteiger partial charge in [0.1, 0.15) is 0 Å². The Morgan fingerprint density at radius 1 is 0.421 bits per heavy atom. The summed E-state index contributed by atoms with van der Waals surface area (Å²) < 4.78 is 2.64. The smallest absolute Gasteiger partial charge is 0.164 e. The van der Waals surface area contributed by atoms with E-state index in [1.54, 1.807) is 5.56 Å². The molecule has 14 rings (SSSR count). The van der Waals surface area contributed by atoms with Gasteiger partial charge in [-0.05, 0) is 112 Å². The minimum atomic E-state index is 0.0466. The standard InChI is InChI=1S/C53H39N3S/c1-2-10-35(11-3-1)50-54-51(36-19-17-33(18-20-36)37-21-23-42-41-13-6-7-16-46(41)57-47(42)30-37)56-52(55-50)43-14-8-15-44-49(43)48-40-12-5-4-9-34(40)22-24-45(48)53(44)38-26-31-25-32(28-38)29-39(53)27-31/h1-24,30-32,38-39H,25-29H2. The van der Waals surface area contributed by atoms with Gasteiger partial charge in [0.25, 0.3) is 0 Å². The number of thiophene rings is 1. The van der Waals surface area contributed by atoms with E-state index in [-0.39, 0.29) is 5.41 Å². The Hall–Kier alpha value is -5.97. The van der Waals surface area contributed by atoms with Crippen LogP contribution in [0.25, 0.3) is 87.4 Å². The molecule has 0 saturated heterocycles. The van der Waals surface area contributed by atoms with Crippen LogP contribution in [0, 0.1) is 23.7 Å². The van der Waals surface area contributed by atoms with Crippen LogP contribution in [0.5, 0.6) is 0 Å². The molecule has 2 aromatic heterocycles. The molecule has 57 heavy (non-hydrogen) atoms. The van der Waals surface area contributed by atoms with Crippen LogP contribution in [0.4, 0.5) is 0 Å². The average molecular weight is 750 g/mol. The quantitative estimate of drug-likeness (QED) is 0.180. The molecule has 272 valence electrons. The molecule has 5 aliphatic carbocycles. The maximum atomic E-state index is 5.40. The van der Waals surface area contributed by atoms with E-state index in [0.717, 1.165) is 34.4 Å². The van der Waals surface area contributed by atoms with Gasteiger partial charge in [-0.3, -0.25) is 0 Å². The largest absolute Gasteiger partial charge is 0.208 e. The van der Waals surface area contributed by atoms with Gasteiger partial charge in [-0.1, -0.05) is 140 Å². The predicted molar refractivity (Wildman–Crippen MR) is 235 cm³/mol. The second-order valence-electron chi connectivity index (χ2n) is 17.2. The molecule has 0 atom stereocenters. The van der Waals surface area contributed by atoms with Crippen LogP contribution >= 0.6 is 11.3 Å². The number of aromatic nitrogens is 3. The molecule has 0 radical (unpaired) electrons. The zero-order valence-corrected chi connectivity index (χ0v) is 32.3. The first-order valence-corrected chi connectivity index (χ1v) is 21.5. The summed E-state index contributed by atoms with van der Waals surface area (Å²) >= 11 is 1.86. The summed E-state index contributed by atoms with van der Waals surface area (Å²) in [6.07, 6.45) is 6.85. The summed E-state index contributed by atoms with van der Waals surface area (Å²) in [6, 6.07) is 55.7. The zero-order valence-electron chi connectivity index (χ0n) is 31.5. The van der Waals surface area contributed by atoms with E-state index in [4.69, 9.17) is 15.0 Å². The first-order chi connectivity index (χ1) is 28.2. The van der Waals surface area contributed by atoms with E-state index in [1.165, 1.54) is 90.9 Å². The number of fused-ring (bicyclic) bond motifs is 8. The minimum Gasteiger partial charge on any atom is -0.208 e. The van der Waals surface area contributed by atoms with Crippen molar-refractivity contribution in [1.82, 2.24) is 15.0 Å². The van der Waals surface area contributed by atoms with Gasteiger partial charge >= 0.3 is 0 Å². The molecule has 1 spiro atoms. The van der Waals surface area contributed by atoms with Crippen LogP contribution in [0.15, 0.2) is 152 Å².